The summed E-state index contributed by atoms with van der Waals surface area (Å²) in [6.45, 7) is 3.21. The smallest absolute Gasteiger partial charge is 1.00 e. The number of ether oxygens (including phenoxy) is 2. The number of hydrogen-bond donors (Lipinski definition) is 0. The molecule has 2 nitrogen and oxygen atoms in total. The van der Waals surface area contributed by atoms with Gasteiger partial charge in [-0.05, 0) is 0 Å². The molecule has 0 heterocycles. The fourth-order valence-electron chi connectivity index (χ4n) is 1.68. The SMILES string of the molecule is CCOc1c[c]([Zn+])ccc1OCc1ccccc1.[Br-]. The molecular weight excluding hydrogens is 357 g/mol. The van der Waals surface area contributed by atoms with Crippen molar-refractivity contribution in [2.75, 3.05) is 6.61 Å². The normalized spacial score (nSPS) is 9.63. The first-order valence-electron chi connectivity index (χ1n) is 6.05. The summed E-state index contributed by atoms with van der Waals surface area (Å²) in [4.78, 5) is 0. The van der Waals surface area contributed by atoms with Crippen LogP contribution >= 0.6 is 0 Å². The van der Waals surface area contributed by atoms with Gasteiger partial charge in [-0.25, -0.2) is 0 Å². The molecule has 0 radical (unpaired) electrons. The van der Waals surface area contributed by atoms with Crippen molar-refractivity contribution < 1.29 is 44.8 Å². The fourth-order valence-corrected chi connectivity index (χ4v) is 2.31. The summed E-state index contributed by atoms with van der Waals surface area (Å²) in [6.07, 6.45) is 0. The van der Waals surface area contributed by atoms with Crippen molar-refractivity contribution in [2.24, 2.45) is 0 Å². The summed E-state index contributed by atoms with van der Waals surface area (Å²) in [6, 6.07) is 16.3. The van der Waals surface area contributed by atoms with Gasteiger partial charge < -0.3 is 17.0 Å². The van der Waals surface area contributed by atoms with Crippen molar-refractivity contribution in [3.63, 3.8) is 0 Å². The van der Waals surface area contributed by atoms with Crippen molar-refractivity contribution in [3.05, 3.63) is 54.1 Å². The van der Waals surface area contributed by atoms with Gasteiger partial charge >= 0.3 is 118 Å². The summed E-state index contributed by atoms with van der Waals surface area (Å²) >= 11 is 1.12. The Morgan fingerprint density at radius 2 is 1.68 bits per heavy atom. The Balaban J connectivity index is 0.00000180. The second-order valence-corrected chi connectivity index (χ2v) is 5.70. The first-order chi connectivity index (χ1) is 8.79. The molecule has 2 aromatic rings. The van der Waals surface area contributed by atoms with E-state index in [2.05, 4.69) is 24.3 Å². The molecule has 0 bridgehead atoms. The molecule has 0 spiro atoms. The Hall–Kier alpha value is -0.857. The standard InChI is InChI=1S/C15H15O2.BrH.Zn/c1-2-16-14-10-6-7-11-15(14)17-12-13-8-4-3-5-9-13;;/h3-5,7-11H,2,12H2,1H3;1H;/q;;+1/p-1. The minimum absolute atomic E-state index is 0. The quantitative estimate of drug-likeness (QED) is 0.679. The Kier molecular flexibility index (Phi) is 7.11. The van der Waals surface area contributed by atoms with Crippen LogP contribution in [0, 0.1) is 0 Å². The van der Waals surface area contributed by atoms with Crippen LogP contribution in [0.15, 0.2) is 48.5 Å². The van der Waals surface area contributed by atoms with Gasteiger partial charge in [-0.3, -0.25) is 0 Å². The van der Waals surface area contributed by atoms with Gasteiger partial charge in [-0.1, -0.05) is 0 Å². The van der Waals surface area contributed by atoms with Crippen molar-refractivity contribution in [3.8, 4) is 11.5 Å². The molecule has 0 saturated heterocycles. The van der Waals surface area contributed by atoms with Crippen LogP contribution < -0.4 is 30.6 Å². The summed E-state index contributed by atoms with van der Waals surface area (Å²) in [7, 11) is 0. The van der Waals surface area contributed by atoms with Crippen molar-refractivity contribution in [2.45, 2.75) is 13.5 Å². The average Bonchev–Trinajstić information content (AvgIpc) is 2.39. The van der Waals surface area contributed by atoms with E-state index < -0.39 is 0 Å². The Morgan fingerprint density at radius 3 is 2.37 bits per heavy atom. The summed E-state index contributed by atoms with van der Waals surface area (Å²) in [5.41, 5.74) is 1.16. The molecule has 96 valence electrons. The Bertz CT molecular complexity index is 503. The molecule has 0 aliphatic rings. The maximum absolute atomic E-state index is 5.82. The first-order valence-corrected chi connectivity index (χ1v) is 7.53. The molecule has 0 unspecified atom stereocenters. The predicted molar refractivity (Wildman–Crippen MR) is 68.0 cm³/mol. The molecule has 0 aromatic heterocycles. The minimum Gasteiger partial charge on any atom is -1.00 e. The fraction of sp³-hybridized carbons (Fsp3) is 0.200. The number of benzene rings is 2. The van der Waals surface area contributed by atoms with Crippen molar-refractivity contribution in [1.82, 2.24) is 0 Å². The third-order valence-corrected chi connectivity index (χ3v) is 3.47. The zero-order valence-corrected chi connectivity index (χ0v) is 15.5. The van der Waals surface area contributed by atoms with Crippen molar-refractivity contribution in [1.29, 1.82) is 0 Å². The van der Waals surface area contributed by atoms with E-state index in [4.69, 9.17) is 9.47 Å². The molecule has 0 amide bonds. The molecule has 0 atom stereocenters. The van der Waals surface area contributed by atoms with E-state index in [0.29, 0.717) is 13.2 Å². The third kappa shape index (κ3) is 4.96. The summed E-state index contributed by atoms with van der Waals surface area (Å²) in [5, 5.41) is 0. The van der Waals surface area contributed by atoms with E-state index >= 15 is 0 Å². The van der Waals surface area contributed by atoms with Gasteiger partial charge in [0, 0.05) is 0 Å². The second kappa shape index (κ2) is 8.34. The van der Waals surface area contributed by atoms with Crippen LogP contribution in [0.3, 0.4) is 0 Å². The molecule has 2 aromatic carbocycles. The van der Waals surface area contributed by atoms with Gasteiger partial charge in [0.1, 0.15) is 0 Å². The van der Waals surface area contributed by atoms with E-state index in [-0.39, 0.29) is 17.0 Å². The van der Waals surface area contributed by atoms with Gasteiger partial charge in [-0.2, -0.15) is 0 Å². The zero-order chi connectivity index (χ0) is 12.8. The van der Waals surface area contributed by atoms with Crippen LogP contribution in [0.2, 0.25) is 0 Å². The number of hydrogen-bond acceptors (Lipinski definition) is 2. The maximum atomic E-state index is 5.82. The minimum atomic E-state index is 0. The van der Waals surface area contributed by atoms with E-state index in [1.807, 2.05) is 31.2 Å². The monoisotopic (exact) mass is 370 g/mol. The molecule has 0 N–H and O–H groups in total. The third-order valence-electron chi connectivity index (χ3n) is 2.55. The molecule has 19 heavy (non-hydrogen) atoms. The molecule has 2 rings (SSSR count). The maximum Gasteiger partial charge on any atom is -1.00 e. The van der Waals surface area contributed by atoms with Gasteiger partial charge in [0.25, 0.3) is 0 Å². The largest absolute Gasteiger partial charge is 1.00 e. The van der Waals surface area contributed by atoms with Crippen LogP contribution in [0.1, 0.15) is 12.5 Å². The Labute approximate surface area is 134 Å². The molecule has 0 aliphatic carbocycles. The van der Waals surface area contributed by atoms with E-state index in [1.165, 1.54) is 4.16 Å². The van der Waals surface area contributed by atoms with Crippen LogP contribution in [0.4, 0.5) is 0 Å². The average molecular weight is 373 g/mol. The van der Waals surface area contributed by atoms with Gasteiger partial charge in [-0.15, -0.1) is 0 Å². The molecule has 0 aliphatic heterocycles. The number of rotatable bonds is 5. The molecule has 0 saturated carbocycles. The van der Waals surface area contributed by atoms with E-state index in [1.54, 1.807) is 0 Å². The zero-order valence-electron chi connectivity index (χ0n) is 10.9. The summed E-state index contributed by atoms with van der Waals surface area (Å²) in [5.74, 6) is 1.66. The first kappa shape index (κ1) is 16.2. The van der Waals surface area contributed by atoms with Crippen LogP contribution in [-0.4, -0.2) is 6.61 Å². The molecule has 4 heteroatoms. The van der Waals surface area contributed by atoms with Crippen LogP contribution in [0.5, 0.6) is 11.5 Å². The van der Waals surface area contributed by atoms with Gasteiger partial charge in [0.05, 0.1) is 0 Å². The Morgan fingerprint density at radius 1 is 0.947 bits per heavy atom. The summed E-state index contributed by atoms with van der Waals surface area (Å²) < 4.78 is 12.7. The molecular formula is C15H15BrO2Zn. The number of halogens is 1. The topological polar surface area (TPSA) is 18.5 Å². The predicted octanol–water partition coefficient (Wildman–Crippen LogP) is -0.160. The van der Waals surface area contributed by atoms with Crippen LogP contribution in [-0.2, 0) is 24.9 Å². The van der Waals surface area contributed by atoms with Crippen molar-refractivity contribution >= 4 is 4.16 Å². The van der Waals surface area contributed by atoms with Gasteiger partial charge in [0.15, 0.2) is 0 Å². The van der Waals surface area contributed by atoms with E-state index in [9.17, 15) is 0 Å². The second-order valence-electron chi connectivity index (χ2n) is 3.99. The van der Waals surface area contributed by atoms with Crippen LogP contribution in [0.25, 0.3) is 0 Å². The van der Waals surface area contributed by atoms with E-state index in [0.717, 1.165) is 35.4 Å². The molecule has 0 fully saturated rings. The van der Waals surface area contributed by atoms with Gasteiger partial charge in [0.2, 0.25) is 0 Å².